The highest BCUT2D eigenvalue weighted by molar-refractivity contribution is 6.33. The Morgan fingerprint density at radius 3 is 2.65 bits per heavy atom. The van der Waals surface area contributed by atoms with Crippen LogP contribution in [0.2, 0.25) is 5.02 Å². The van der Waals surface area contributed by atoms with E-state index < -0.39 is 0 Å². The van der Waals surface area contributed by atoms with Crippen molar-refractivity contribution in [2.75, 3.05) is 13.7 Å². The second kappa shape index (κ2) is 7.97. The molecule has 0 saturated carbocycles. The Morgan fingerprint density at radius 1 is 1.19 bits per heavy atom. The number of phenolic OH excluding ortho intramolecular Hbond substituents is 1. The lowest BCUT2D eigenvalue weighted by Gasteiger charge is -2.13. The van der Waals surface area contributed by atoms with Gasteiger partial charge in [0.1, 0.15) is 11.5 Å². The highest BCUT2D eigenvalue weighted by Crippen LogP contribution is 2.30. The summed E-state index contributed by atoms with van der Waals surface area (Å²) >= 11 is 6.36. The first-order chi connectivity index (χ1) is 12.6. The van der Waals surface area contributed by atoms with E-state index in [1.54, 1.807) is 30.3 Å². The van der Waals surface area contributed by atoms with Crippen LogP contribution >= 0.6 is 11.6 Å². The zero-order chi connectivity index (χ0) is 18.5. The predicted octanol–water partition coefficient (Wildman–Crippen LogP) is 3.82. The summed E-state index contributed by atoms with van der Waals surface area (Å²) in [4.78, 5) is 12.5. The number of rotatable bonds is 6. The molecular formula is C20H19ClN2O3. The first-order valence-electron chi connectivity index (χ1n) is 8.15. The van der Waals surface area contributed by atoms with E-state index in [4.69, 9.17) is 16.3 Å². The Labute approximate surface area is 156 Å². The molecule has 0 bridgehead atoms. The fourth-order valence-electron chi connectivity index (χ4n) is 2.71. The first kappa shape index (κ1) is 17.9. The third-order valence-corrected chi connectivity index (χ3v) is 4.31. The van der Waals surface area contributed by atoms with Crippen LogP contribution < -0.4 is 10.1 Å². The maximum absolute atomic E-state index is 12.5. The van der Waals surface area contributed by atoms with E-state index in [1.165, 1.54) is 7.11 Å². The van der Waals surface area contributed by atoms with Crippen LogP contribution in [0.4, 0.5) is 0 Å². The number of amides is 1. The quantitative estimate of drug-likeness (QED) is 0.693. The Bertz CT molecular complexity index is 907. The standard InChI is InChI=1S/C20H19ClN2O3/c1-26-19-13-18(23-9-2-3-10-23)17(21)12-16(19)20(25)22-8-7-14-5-4-6-15(24)11-14/h2-6,9-13,24H,7-8H2,1H3,(H,22,25). The summed E-state index contributed by atoms with van der Waals surface area (Å²) in [6, 6.07) is 14.1. The minimum Gasteiger partial charge on any atom is -0.508 e. The van der Waals surface area contributed by atoms with Crippen LogP contribution in [0.25, 0.3) is 5.69 Å². The van der Waals surface area contributed by atoms with Crippen LogP contribution in [0.3, 0.4) is 0 Å². The maximum atomic E-state index is 12.5. The van der Waals surface area contributed by atoms with Crippen LogP contribution in [0.1, 0.15) is 15.9 Å². The van der Waals surface area contributed by atoms with Crippen molar-refractivity contribution in [3.63, 3.8) is 0 Å². The summed E-state index contributed by atoms with van der Waals surface area (Å²) < 4.78 is 7.23. The highest BCUT2D eigenvalue weighted by atomic mass is 35.5. The molecule has 0 fully saturated rings. The molecule has 2 aromatic carbocycles. The molecule has 0 atom stereocenters. The molecule has 1 aromatic heterocycles. The first-order valence-corrected chi connectivity index (χ1v) is 8.53. The van der Waals surface area contributed by atoms with E-state index in [0.29, 0.717) is 29.3 Å². The lowest BCUT2D eigenvalue weighted by molar-refractivity contribution is 0.0951. The lowest BCUT2D eigenvalue weighted by atomic mass is 10.1. The third kappa shape index (κ3) is 4.00. The molecule has 1 amide bonds. The molecule has 134 valence electrons. The second-order valence-corrected chi connectivity index (χ2v) is 6.18. The molecule has 3 aromatic rings. The van der Waals surface area contributed by atoms with Gasteiger partial charge in [-0.3, -0.25) is 4.79 Å². The average Bonchev–Trinajstić information content (AvgIpc) is 3.16. The summed E-state index contributed by atoms with van der Waals surface area (Å²) in [6.45, 7) is 0.433. The predicted molar refractivity (Wildman–Crippen MR) is 101 cm³/mol. The molecular weight excluding hydrogens is 352 g/mol. The number of carbonyl (C=O) groups is 1. The molecule has 6 heteroatoms. The van der Waals surface area contributed by atoms with Gasteiger partial charge in [0.25, 0.3) is 5.91 Å². The number of hydrogen-bond acceptors (Lipinski definition) is 3. The van der Waals surface area contributed by atoms with Crippen LogP contribution in [-0.2, 0) is 6.42 Å². The second-order valence-electron chi connectivity index (χ2n) is 5.77. The Morgan fingerprint density at radius 2 is 1.96 bits per heavy atom. The number of hydrogen-bond donors (Lipinski definition) is 2. The van der Waals surface area contributed by atoms with Crippen molar-refractivity contribution in [2.24, 2.45) is 0 Å². The van der Waals surface area contributed by atoms with Gasteiger partial charge in [0, 0.05) is 25.0 Å². The Hall–Kier alpha value is -2.92. The number of aromatic nitrogens is 1. The number of phenols is 1. The van der Waals surface area contributed by atoms with Crippen LogP contribution in [0.15, 0.2) is 60.9 Å². The molecule has 26 heavy (non-hydrogen) atoms. The summed E-state index contributed by atoms with van der Waals surface area (Å²) in [7, 11) is 1.52. The molecule has 0 aliphatic heterocycles. The van der Waals surface area contributed by atoms with Gasteiger partial charge in [0.05, 0.1) is 23.4 Å². The van der Waals surface area contributed by atoms with Crippen LogP contribution in [0.5, 0.6) is 11.5 Å². The molecule has 1 heterocycles. The Kier molecular flexibility index (Phi) is 5.49. The fraction of sp³-hybridized carbons (Fsp3) is 0.150. The molecule has 0 aliphatic rings. The minimum atomic E-state index is -0.261. The zero-order valence-electron chi connectivity index (χ0n) is 14.3. The maximum Gasteiger partial charge on any atom is 0.255 e. The molecule has 3 rings (SSSR count). The van der Waals surface area contributed by atoms with Crippen molar-refractivity contribution in [1.82, 2.24) is 9.88 Å². The number of methoxy groups -OCH3 is 1. The van der Waals surface area contributed by atoms with E-state index in [2.05, 4.69) is 5.32 Å². The number of halogens is 1. The smallest absolute Gasteiger partial charge is 0.255 e. The molecule has 0 radical (unpaired) electrons. The molecule has 0 aliphatic carbocycles. The monoisotopic (exact) mass is 370 g/mol. The molecule has 2 N–H and O–H groups in total. The van der Waals surface area contributed by atoms with Gasteiger partial charge in [-0.25, -0.2) is 0 Å². The van der Waals surface area contributed by atoms with Gasteiger partial charge in [-0.15, -0.1) is 0 Å². The molecule has 5 nitrogen and oxygen atoms in total. The van der Waals surface area contributed by atoms with Gasteiger partial charge in [-0.1, -0.05) is 23.7 Å². The summed E-state index contributed by atoms with van der Waals surface area (Å²) in [5, 5.41) is 12.8. The van der Waals surface area contributed by atoms with E-state index in [-0.39, 0.29) is 11.7 Å². The lowest BCUT2D eigenvalue weighted by Crippen LogP contribution is -2.26. The number of benzene rings is 2. The number of nitrogens with one attached hydrogen (secondary N) is 1. The van der Waals surface area contributed by atoms with E-state index in [9.17, 15) is 9.90 Å². The number of nitrogens with zero attached hydrogens (tertiary/aromatic N) is 1. The summed E-state index contributed by atoms with van der Waals surface area (Å²) in [5.74, 6) is 0.402. The van der Waals surface area contributed by atoms with E-state index >= 15 is 0 Å². The fourth-order valence-corrected chi connectivity index (χ4v) is 2.97. The van der Waals surface area contributed by atoms with E-state index in [0.717, 1.165) is 11.3 Å². The average molecular weight is 371 g/mol. The summed E-state index contributed by atoms with van der Waals surface area (Å²) in [6.07, 6.45) is 4.35. The van der Waals surface area contributed by atoms with Crippen molar-refractivity contribution >= 4 is 17.5 Å². The SMILES string of the molecule is COc1cc(-n2cccc2)c(Cl)cc1C(=O)NCCc1cccc(O)c1. The van der Waals surface area contributed by atoms with Crippen molar-refractivity contribution in [3.8, 4) is 17.2 Å². The van der Waals surface area contributed by atoms with Gasteiger partial charge in [-0.2, -0.15) is 0 Å². The molecule has 0 saturated heterocycles. The van der Waals surface area contributed by atoms with Crippen molar-refractivity contribution in [1.29, 1.82) is 0 Å². The number of aromatic hydroxyl groups is 1. The zero-order valence-corrected chi connectivity index (χ0v) is 15.0. The van der Waals surface area contributed by atoms with Crippen LogP contribution in [-0.4, -0.2) is 29.2 Å². The highest BCUT2D eigenvalue weighted by Gasteiger charge is 2.16. The minimum absolute atomic E-state index is 0.211. The topological polar surface area (TPSA) is 63.5 Å². The van der Waals surface area contributed by atoms with Gasteiger partial charge >= 0.3 is 0 Å². The normalized spacial score (nSPS) is 10.5. The van der Waals surface area contributed by atoms with Crippen molar-refractivity contribution < 1.29 is 14.6 Å². The molecule has 0 spiro atoms. The van der Waals surface area contributed by atoms with Gasteiger partial charge in [0.2, 0.25) is 0 Å². The van der Waals surface area contributed by atoms with Gasteiger partial charge < -0.3 is 19.7 Å². The number of ether oxygens (including phenoxy) is 1. The Balaban J connectivity index is 1.73. The number of carbonyl (C=O) groups excluding carboxylic acids is 1. The van der Waals surface area contributed by atoms with Gasteiger partial charge in [-0.05, 0) is 42.3 Å². The third-order valence-electron chi connectivity index (χ3n) is 4.01. The van der Waals surface area contributed by atoms with Crippen molar-refractivity contribution in [2.45, 2.75) is 6.42 Å². The van der Waals surface area contributed by atoms with Gasteiger partial charge in [0.15, 0.2) is 0 Å². The van der Waals surface area contributed by atoms with E-state index in [1.807, 2.05) is 35.2 Å². The largest absolute Gasteiger partial charge is 0.508 e. The van der Waals surface area contributed by atoms with Crippen LogP contribution in [0, 0.1) is 0 Å². The van der Waals surface area contributed by atoms with Crippen molar-refractivity contribution in [3.05, 3.63) is 77.1 Å². The molecule has 0 unspecified atom stereocenters. The summed E-state index contributed by atoms with van der Waals surface area (Å²) in [5.41, 5.74) is 2.06.